The van der Waals surface area contributed by atoms with E-state index in [2.05, 4.69) is 25.8 Å². The number of aromatic amines is 1. The zero-order valence-corrected chi connectivity index (χ0v) is 16.4. The second-order valence-corrected chi connectivity index (χ2v) is 7.52. The van der Waals surface area contributed by atoms with Crippen LogP contribution in [0.1, 0.15) is 59.1 Å². The molecule has 2 amide bonds. The van der Waals surface area contributed by atoms with Gasteiger partial charge in [-0.2, -0.15) is 5.10 Å². The molecule has 0 radical (unpaired) electrons. The standard InChI is InChI=1S/C22H23N5O2/c1-13(2)19-25-20(27-26-19)17-5-3-4-6-18(17)24-22(29)15-9-7-14(8-10-15)21(28)23-16-11-12-16/h3-10,13,16H,11-12H2,1-2H3,(H,23,28)(H,24,29)(H,25,26,27). The molecule has 3 N–H and O–H groups in total. The predicted octanol–water partition coefficient (Wildman–Crippen LogP) is 3.74. The number of aromatic nitrogens is 3. The second-order valence-electron chi connectivity index (χ2n) is 7.52. The topological polar surface area (TPSA) is 99.8 Å². The van der Waals surface area contributed by atoms with Crippen LogP contribution in [-0.2, 0) is 0 Å². The molecular formula is C22H23N5O2. The number of amides is 2. The number of para-hydroxylation sites is 1. The van der Waals surface area contributed by atoms with Crippen LogP contribution in [0.25, 0.3) is 11.4 Å². The van der Waals surface area contributed by atoms with Crippen molar-refractivity contribution in [3.63, 3.8) is 0 Å². The minimum Gasteiger partial charge on any atom is -0.349 e. The molecule has 1 aromatic heterocycles. The highest BCUT2D eigenvalue weighted by atomic mass is 16.2. The predicted molar refractivity (Wildman–Crippen MR) is 111 cm³/mol. The van der Waals surface area contributed by atoms with Gasteiger partial charge in [0.25, 0.3) is 11.8 Å². The summed E-state index contributed by atoms with van der Waals surface area (Å²) >= 11 is 0. The van der Waals surface area contributed by atoms with Gasteiger partial charge in [-0.25, -0.2) is 4.98 Å². The Morgan fingerprint density at radius 3 is 2.28 bits per heavy atom. The van der Waals surface area contributed by atoms with Crippen LogP contribution in [-0.4, -0.2) is 33.0 Å². The molecule has 1 aliphatic rings. The molecule has 0 aliphatic heterocycles. The van der Waals surface area contributed by atoms with Crippen LogP contribution in [0.4, 0.5) is 5.69 Å². The summed E-state index contributed by atoms with van der Waals surface area (Å²) < 4.78 is 0. The van der Waals surface area contributed by atoms with Crippen molar-refractivity contribution in [2.24, 2.45) is 0 Å². The molecular weight excluding hydrogens is 366 g/mol. The van der Waals surface area contributed by atoms with Crippen LogP contribution in [0.3, 0.4) is 0 Å². The van der Waals surface area contributed by atoms with Gasteiger partial charge in [-0.3, -0.25) is 14.7 Å². The van der Waals surface area contributed by atoms with Crippen molar-refractivity contribution in [1.29, 1.82) is 0 Å². The van der Waals surface area contributed by atoms with Crippen LogP contribution in [0, 0.1) is 0 Å². The first-order valence-electron chi connectivity index (χ1n) is 9.75. The van der Waals surface area contributed by atoms with Crippen molar-refractivity contribution in [2.75, 3.05) is 5.32 Å². The van der Waals surface area contributed by atoms with Gasteiger partial charge < -0.3 is 10.6 Å². The van der Waals surface area contributed by atoms with Gasteiger partial charge in [0.1, 0.15) is 5.82 Å². The lowest BCUT2D eigenvalue weighted by molar-refractivity contribution is 0.0949. The van der Waals surface area contributed by atoms with E-state index in [0.717, 1.165) is 24.2 Å². The molecule has 1 saturated carbocycles. The van der Waals surface area contributed by atoms with E-state index >= 15 is 0 Å². The number of nitrogens with zero attached hydrogens (tertiary/aromatic N) is 2. The molecule has 1 heterocycles. The van der Waals surface area contributed by atoms with Gasteiger partial charge >= 0.3 is 0 Å². The number of carbonyl (C=O) groups excluding carboxylic acids is 2. The third kappa shape index (κ3) is 4.34. The summed E-state index contributed by atoms with van der Waals surface area (Å²) in [4.78, 5) is 29.3. The highest BCUT2D eigenvalue weighted by molar-refractivity contribution is 6.06. The van der Waals surface area contributed by atoms with Crippen molar-refractivity contribution in [1.82, 2.24) is 20.5 Å². The first-order valence-corrected chi connectivity index (χ1v) is 9.75. The van der Waals surface area contributed by atoms with Crippen molar-refractivity contribution >= 4 is 17.5 Å². The van der Waals surface area contributed by atoms with E-state index in [1.165, 1.54) is 0 Å². The summed E-state index contributed by atoms with van der Waals surface area (Å²) in [5.41, 5.74) is 2.39. The second kappa shape index (κ2) is 7.87. The number of hydrogen-bond donors (Lipinski definition) is 3. The van der Waals surface area contributed by atoms with Crippen LogP contribution < -0.4 is 10.6 Å². The molecule has 0 saturated heterocycles. The summed E-state index contributed by atoms with van der Waals surface area (Å²) in [5.74, 6) is 1.20. The molecule has 148 valence electrons. The Hall–Kier alpha value is -3.48. The molecule has 2 aromatic carbocycles. The monoisotopic (exact) mass is 389 g/mol. The molecule has 7 heteroatoms. The molecule has 29 heavy (non-hydrogen) atoms. The number of benzene rings is 2. The van der Waals surface area contributed by atoms with Gasteiger partial charge in [0.05, 0.1) is 5.69 Å². The molecule has 0 atom stereocenters. The Labute approximate surface area is 168 Å². The SMILES string of the molecule is CC(C)c1nc(-c2ccccc2NC(=O)c2ccc(C(=O)NC3CC3)cc2)n[nH]1. The first-order chi connectivity index (χ1) is 14.0. The average Bonchev–Trinajstić information content (AvgIpc) is 3.39. The van der Waals surface area contributed by atoms with Gasteiger partial charge in [0.15, 0.2) is 5.82 Å². The summed E-state index contributed by atoms with van der Waals surface area (Å²) in [7, 11) is 0. The number of nitrogens with one attached hydrogen (secondary N) is 3. The zero-order valence-electron chi connectivity index (χ0n) is 16.4. The van der Waals surface area contributed by atoms with Crippen molar-refractivity contribution in [2.45, 2.75) is 38.6 Å². The summed E-state index contributed by atoms with van der Waals surface area (Å²) in [6.07, 6.45) is 2.07. The fraction of sp³-hybridized carbons (Fsp3) is 0.273. The Balaban J connectivity index is 1.50. The Kier molecular flexibility index (Phi) is 5.12. The Morgan fingerprint density at radius 1 is 1.00 bits per heavy atom. The number of rotatable bonds is 6. The van der Waals surface area contributed by atoms with Gasteiger partial charge in [-0.05, 0) is 49.2 Å². The molecule has 0 bridgehead atoms. The van der Waals surface area contributed by atoms with Gasteiger partial charge in [0, 0.05) is 28.7 Å². The van der Waals surface area contributed by atoms with Crippen LogP contribution >= 0.6 is 0 Å². The summed E-state index contributed by atoms with van der Waals surface area (Å²) in [6.45, 7) is 4.07. The lowest BCUT2D eigenvalue weighted by atomic mass is 10.1. The number of anilines is 1. The lowest BCUT2D eigenvalue weighted by Crippen LogP contribution is -2.25. The summed E-state index contributed by atoms with van der Waals surface area (Å²) in [6, 6.07) is 14.4. The molecule has 1 aliphatic carbocycles. The molecule has 4 rings (SSSR count). The lowest BCUT2D eigenvalue weighted by Gasteiger charge is -2.10. The number of hydrogen-bond acceptors (Lipinski definition) is 4. The minimum atomic E-state index is -0.258. The summed E-state index contributed by atoms with van der Waals surface area (Å²) in [5, 5.41) is 13.1. The highest BCUT2D eigenvalue weighted by Crippen LogP contribution is 2.26. The molecule has 1 fully saturated rings. The van der Waals surface area contributed by atoms with E-state index in [1.54, 1.807) is 24.3 Å². The number of H-pyrrole nitrogens is 1. The zero-order chi connectivity index (χ0) is 20.4. The normalized spacial score (nSPS) is 13.3. The maximum atomic E-state index is 12.7. The Morgan fingerprint density at radius 2 is 1.66 bits per heavy atom. The fourth-order valence-corrected chi connectivity index (χ4v) is 2.90. The van der Waals surface area contributed by atoms with Crippen LogP contribution in [0.2, 0.25) is 0 Å². The van der Waals surface area contributed by atoms with Crippen molar-refractivity contribution in [3.05, 3.63) is 65.5 Å². The van der Waals surface area contributed by atoms with Crippen LogP contribution in [0.15, 0.2) is 48.5 Å². The molecule has 3 aromatic rings. The van der Waals surface area contributed by atoms with E-state index in [9.17, 15) is 9.59 Å². The largest absolute Gasteiger partial charge is 0.349 e. The van der Waals surface area contributed by atoms with E-state index in [0.29, 0.717) is 28.7 Å². The third-order valence-electron chi connectivity index (χ3n) is 4.79. The quantitative estimate of drug-likeness (QED) is 0.598. The molecule has 7 nitrogen and oxygen atoms in total. The van der Waals surface area contributed by atoms with Gasteiger partial charge in [-0.15, -0.1) is 0 Å². The maximum Gasteiger partial charge on any atom is 0.255 e. The molecule has 0 spiro atoms. The maximum absolute atomic E-state index is 12.7. The van der Waals surface area contributed by atoms with E-state index in [1.807, 2.05) is 38.1 Å². The van der Waals surface area contributed by atoms with Gasteiger partial charge in [0.2, 0.25) is 0 Å². The first kappa shape index (κ1) is 18.9. The minimum absolute atomic E-state index is 0.102. The van der Waals surface area contributed by atoms with E-state index in [4.69, 9.17) is 0 Å². The average molecular weight is 389 g/mol. The smallest absolute Gasteiger partial charge is 0.255 e. The van der Waals surface area contributed by atoms with E-state index in [-0.39, 0.29) is 17.7 Å². The fourth-order valence-electron chi connectivity index (χ4n) is 2.90. The van der Waals surface area contributed by atoms with Gasteiger partial charge in [-0.1, -0.05) is 26.0 Å². The van der Waals surface area contributed by atoms with Crippen molar-refractivity contribution < 1.29 is 9.59 Å². The van der Waals surface area contributed by atoms with E-state index < -0.39 is 0 Å². The number of carbonyl (C=O) groups is 2. The molecule has 0 unspecified atom stereocenters. The van der Waals surface area contributed by atoms with Crippen molar-refractivity contribution in [3.8, 4) is 11.4 Å². The van der Waals surface area contributed by atoms with Crippen LogP contribution in [0.5, 0.6) is 0 Å². The Bertz CT molecular complexity index is 1040. The highest BCUT2D eigenvalue weighted by Gasteiger charge is 2.23. The third-order valence-corrected chi connectivity index (χ3v) is 4.79.